The van der Waals surface area contributed by atoms with E-state index in [1.807, 2.05) is 37.5 Å². The molecule has 1 fully saturated rings. The molecule has 0 spiro atoms. The number of nitrogens with zero attached hydrogens (tertiary/aromatic N) is 6. The van der Waals surface area contributed by atoms with Crippen LogP contribution in [0.15, 0.2) is 24.8 Å². The number of hydrogen-bond donors (Lipinski definition) is 1. The van der Waals surface area contributed by atoms with Crippen LogP contribution in [0.3, 0.4) is 0 Å². The van der Waals surface area contributed by atoms with Gasteiger partial charge < -0.3 is 15.1 Å². The normalized spacial score (nSPS) is 15.4. The smallest absolute Gasteiger partial charge is 0.225 e. The van der Waals surface area contributed by atoms with Crippen molar-refractivity contribution in [3.05, 3.63) is 30.4 Å². The van der Waals surface area contributed by atoms with Crippen LogP contribution >= 0.6 is 0 Å². The van der Waals surface area contributed by atoms with Crippen molar-refractivity contribution in [2.24, 2.45) is 0 Å². The molecule has 0 aliphatic carbocycles. The maximum Gasteiger partial charge on any atom is 0.225 e. The zero-order valence-electron chi connectivity index (χ0n) is 14.6. The highest BCUT2D eigenvalue weighted by atomic mass is 15.3. The van der Waals surface area contributed by atoms with Gasteiger partial charge in [0, 0.05) is 51.7 Å². The minimum absolute atomic E-state index is 0.418. The summed E-state index contributed by atoms with van der Waals surface area (Å²) in [4.78, 5) is 21.8. The predicted molar refractivity (Wildman–Crippen MR) is 96.6 cm³/mol. The topological polar surface area (TPSA) is 70.1 Å². The summed E-state index contributed by atoms with van der Waals surface area (Å²) in [6, 6.07) is 2.40. The van der Waals surface area contributed by atoms with E-state index in [0.717, 1.165) is 49.9 Å². The Morgan fingerprint density at radius 3 is 2.46 bits per heavy atom. The number of piperidine rings is 1. The molecule has 128 valence electrons. The Balaban J connectivity index is 1.56. The summed E-state index contributed by atoms with van der Waals surface area (Å²) >= 11 is 0. The predicted octanol–water partition coefficient (Wildman–Crippen LogP) is 1.98. The number of hydrogen-bond acceptors (Lipinski definition) is 7. The average molecular weight is 327 g/mol. The summed E-state index contributed by atoms with van der Waals surface area (Å²) in [6.45, 7) is 4.02. The lowest BCUT2D eigenvalue weighted by Gasteiger charge is -2.32. The largest absolute Gasteiger partial charge is 0.367 e. The van der Waals surface area contributed by atoms with Crippen LogP contribution in [-0.2, 0) is 6.42 Å². The Bertz CT molecular complexity index is 648. The molecule has 3 rings (SSSR count). The van der Waals surface area contributed by atoms with Gasteiger partial charge in [-0.2, -0.15) is 0 Å². The van der Waals surface area contributed by atoms with Crippen molar-refractivity contribution in [1.29, 1.82) is 0 Å². The molecule has 0 bridgehead atoms. The van der Waals surface area contributed by atoms with Crippen LogP contribution in [0.25, 0.3) is 0 Å². The molecule has 0 unspecified atom stereocenters. The highest BCUT2D eigenvalue weighted by Gasteiger charge is 2.21. The van der Waals surface area contributed by atoms with Crippen LogP contribution in [0, 0.1) is 0 Å². The van der Waals surface area contributed by atoms with E-state index in [9.17, 15) is 0 Å². The van der Waals surface area contributed by atoms with Gasteiger partial charge in [-0.3, -0.25) is 0 Å². The van der Waals surface area contributed by atoms with Crippen LogP contribution in [0.4, 0.5) is 17.6 Å². The highest BCUT2D eigenvalue weighted by molar-refractivity contribution is 5.48. The first-order valence-electron chi connectivity index (χ1n) is 8.47. The van der Waals surface area contributed by atoms with Gasteiger partial charge >= 0.3 is 0 Å². The van der Waals surface area contributed by atoms with Crippen LogP contribution in [0.5, 0.6) is 0 Å². The van der Waals surface area contributed by atoms with Gasteiger partial charge in [-0.15, -0.1) is 0 Å². The van der Waals surface area contributed by atoms with E-state index < -0.39 is 0 Å². The van der Waals surface area contributed by atoms with Gasteiger partial charge in [0.2, 0.25) is 5.95 Å². The standard InChI is InChI=1S/C17H25N7/c1-4-13-10-18-17(19-11-13)24-7-5-14(6-8-24)22-15-9-16(23(2)3)21-12-20-15/h9-12,14H,4-8H2,1-3H3,(H,20,21,22). The maximum atomic E-state index is 4.48. The number of aromatic nitrogens is 4. The Morgan fingerprint density at radius 2 is 1.83 bits per heavy atom. The molecule has 3 heterocycles. The number of rotatable bonds is 5. The molecule has 7 nitrogen and oxygen atoms in total. The molecule has 24 heavy (non-hydrogen) atoms. The zero-order valence-corrected chi connectivity index (χ0v) is 14.6. The van der Waals surface area contributed by atoms with Crippen LogP contribution < -0.4 is 15.1 Å². The fourth-order valence-electron chi connectivity index (χ4n) is 2.80. The summed E-state index contributed by atoms with van der Waals surface area (Å²) in [5, 5.41) is 3.52. The second kappa shape index (κ2) is 7.42. The lowest BCUT2D eigenvalue weighted by molar-refractivity contribution is 0.518. The number of anilines is 3. The summed E-state index contributed by atoms with van der Waals surface area (Å²) in [7, 11) is 3.96. The lowest BCUT2D eigenvalue weighted by Crippen LogP contribution is -2.40. The van der Waals surface area contributed by atoms with Crippen molar-refractivity contribution in [2.45, 2.75) is 32.2 Å². The molecule has 1 aliphatic rings. The van der Waals surface area contributed by atoms with Crippen LogP contribution in [0.1, 0.15) is 25.3 Å². The Morgan fingerprint density at radius 1 is 1.12 bits per heavy atom. The van der Waals surface area contributed by atoms with E-state index >= 15 is 0 Å². The second-order valence-corrected chi connectivity index (χ2v) is 6.31. The first-order valence-corrected chi connectivity index (χ1v) is 8.47. The van der Waals surface area contributed by atoms with Crippen molar-refractivity contribution in [3.8, 4) is 0 Å². The molecule has 1 aliphatic heterocycles. The van der Waals surface area contributed by atoms with Crippen molar-refractivity contribution >= 4 is 17.6 Å². The SMILES string of the molecule is CCc1cnc(N2CCC(Nc3cc(N(C)C)ncn3)CC2)nc1. The summed E-state index contributed by atoms with van der Waals surface area (Å²) < 4.78 is 0. The summed E-state index contributed by atoms with van der Waals surface area (Å²) in [6.07, 6.45) is 8.52. The fourth-order valence-corrected chi connectivity index (χ4v) is 2.80. The number of aryl methyl sites for hydroxylation is 1. The second-order valence-electron chi connectivity index (χ2n) is 6.31. The third-order valence-electron chi connectivity index (χ3n) is 4.34. The third kappa shape index (κ3) is 3.90. The van der Waals surface area contributed by atoms with Crippen molar-refractivity contribution in [3.63, 3.8) is 0 Å². The van der Waals surface area contributed by atoms with E-state index in [0.29, 0.717) is 6.04 Å². The first kappa shape index (κ1) is 16.4. The van der Waals surface area contributed by atoms with E-state index in [1.165, 1.54) is 5.56 Å². The van der Waals surface area contributed by atoms with Gasteiger partial charge in [0.1, 0.15) is 18.0 Å². The Labute approximate surface area is 143 Å². The molecule has 0 atom stereocenters. The molecular formula is C17H25N7. The minimum Gasteiger partial charge on any atom is -0.367 e. The lowest BCUT2D eigenvalue weighted by atomic mass is 10.1. The van der Waals surface area contributed by atoms with Gasteiger partial charge in [-0.1, -0.05) is 6.92 Å². The molecule has 0 saturated carbocycles. The molecule has 2 aromatic heterocycles. The molecule has 7 heteroatoms. The Hall–Kier alpha value is -2.44. The third-order valence-corrected chi connectivity index (χ3v) is 4.34. The van der Waals surface area contributed by atoms with Crippen molar-refractivity contribution in [2.75, 3.05) is 42.3 Å². The summed E-state index contributed by atoms with van der Waals surface area (Å²) in [5.74, 6) is 2.63. The highest BCUT2D eigenvalue weighted by Crippen LogP contribution is 2.20. The molecule has 0 radical (unpaired) electrons. The van der Waals surface area contributed by atoms with Gasteiger partial charge in [0.25, 0.3) is 0 Å². The molecule has 1 saturated heterocycles. The van der Waals surface area contributed by atoms with E-state index in [-0.39, 0.29) is 0 Å². The number of nitrogens with one attached hydrogen (secondary N) is 1. The minimum atomic E-state index is 0.418. The fraction of sp³-hybridized carbons (Fsp3) is 0.529. The van der Waals surface area contributed by atoms with E-state index in [2.05, 4.69) is 37.1 Å². The molecular weight excluding hydrogens is 302 g/mol. The van der Waals surface area contributed by atoms with Gasteiger partial charge in [0.15, 0.2) is 0 Å². The Kier molecular flexibility index (Phi) is 5.08. The van der Waals surface area contributed by atoms with Crippen molar-refractivity contribution in [1.82, 2.24) is 19.9 Å². The molecule has 1 N–H and O–H groups in total. The van der Waals surface area contributed by atoms with E-state index in [4.69, 9.17) is 0 Å². The molecule has 2 aromatic rings. The van der Waals surface area contributed by atoms with Gasteiger partial charge in [-0.25, -0.2) is 19.9 Å². The maximum absolute atomic E-state index is 4.48. The quantitative estimate of drug-likeness (QED) is 0.900. The molecule has 0 amide bonds. The van der Waals surface area contributed by atoms with Crippen LogP contribution in [0.2, 0.25) is 0 Å². The monoisotopic (exact) mass is 327 g/mol. The zero-order chi connectivity index (χ0) is 16.9. The van der Waals surface area contributed by atoms with Crippen LogP contribution in [-0.4, -0.2) is 53.2 Å². The van der Waals surface area contributed by atoms with Crippen molar-refractivity contribution < 1.29 is 0 Å². The van der Waals surface area contributed by atoms with Gasteiger partial charge in [-0.05, 0) is 24.8 Å². The summed E-state index contributed by atoms with van der Waals surface area (Å²) in [5.41, 5.74) is 1.18. The molecule has 0 aromatic carbocycles. The first-order chi connectivity index (χ1) is 11.7. The van der Waals surface area contributed by atoms with E-state index in [1.54, 1.807) is 6.33 Å². The average Bonchev–Trinajstić information content (AvgIpc) is 2.63. The van der Waals surface area contributed by atoms with Gasteiger partial charge in [0.05, 0.1) is 0 Å².